The van der Waals surface area contributed by atoms with E-state index < -0.39 is 10.1 Å². The van der Waals surface area contributed by atoms with Gasteiger partial charge in [-0.3, -0.25) is 4.55 Å². The van der Waals surface area contributed by atoms with Crippen LogP contribution >= 0.6 is 11.3 Å². The predicted molar refractivity (Wildman–Crippen MR) is 74.8 cm³/mol. The molecule has 1 unspecified atom stereocenters. The van der Waals surface area contributed by atoms with Gasteiger partial charge in [0.05, 0.1) is 5.75 Å². The van der Waals surface area contributed by atoms with Crippen molar-refractivity contribution in [2.75, 3.05) is 12.4 Å². The van der Waals surface area contributed by atoms with Crippen molar-refractivity contribution in [3.8, 4) is 11.5 Å². The molecule has 1 aromatic heterocycles. The van der Waals surface area contributed by atoms with Crippen molar-refractivity contribution in [1.82, 2.24) is 0 Å². The molecule has 0 saturated heterocycles. The number of unbranched alkanes of at least 4 members (excludes halogenated alkanes) is 3. The molecule has 5 nitrogen and oxygen atoms in total. The monoisotopic (exact) mass is 346 g/mol. The normalized spacial score (nSPS) is 17.6. The number of ether oxygens (including phenoxy) is 2. The molecule has 1 aromatic rings. The third-order valence-corrected chi connectivity index (χ3v) is 4.49. The molecule has 2 rings (SSSR count). The van der Waals surface area contributed by atoms with E-state index in [-0.39, 0.29) is 64.7 Å². The van der Waals surface area contributed by atoms with Crippen LogP contribution in [0.25, 0.3) is 0 Å². The van der Waals surface area contributed by atoms with Crippen LogP contribution in [0.1, 0.15) is 33.5 Å². The molecule has 0 aromatic carbocycles. The van der Waals surface area contributed by atoms with E-state index in [0.29, 0.717) is 13.0 Å². The first-order valence-electron chi connectivity index (χ1n) is 6.35. The fourth-order valence-corrected chi connectivity index (χ4v) is 3.25. The summed E-state index contributed by atoms with van der Waals surface area (Å²) in [7, 11) is -3.80. The Morgan fingerprint density at radius 1 is 1.25 bits per heavy atom. The Labute approximate surface area is 167 Å². The van der Waals surface area contributed by atoms with Crippen molar-refractivity contribution in [2.45, 2.75) is 38.2 Å². The van der Waals surface area contributed by atoms with Gasteiger partial charge in [-0.25, -0.2) is 0 Å². The minimum Gasteiger partial charge on any atom is -1.00 e. The van der Waals surface area contributed by atoms with E-state index in [9.17, 15) is 8.42 Å². The summed E-state index contributed by atoms with van der Waals surface area (Å²) in [6.45, 7) is 0.578. The zero-order valence-electron chi connectivity index (χ0n) is 12.6. The van der Waals surface area contributed by atoms with Gasteiger partial charge in [0.15, 0.2) is 11.5 Å². The molecular weight excluding hydrogens is 327 g/mol. The molecule has 0 saturated carbocycles. The van der Waals surface area contributed by atoms with Crippen molar-refractivity contribution in [3.63, 3.8) is 0 Å². The minimum atomic E-state index is -3.80. The average molecular weight is 347 g/mol. The van der Waals surface area contributed by atoms with Crippen LogP contribution < -0.4 is 60.9 Å². The first-order chi connectivity index (χ1) is 9.04. The van der Waals surface area contributed by atoms with Gasteiger partial charge < -0.3 is 10.9 Å². The Bertz CT molecular complexity index is 506. The van der Waals surface area contributed by atoms with Gasteiger partial charge in [-0.2, -0.15) is 8.42 Å². The van der Waals surface area contributed by atoms with Crippen LogP contribution in [0.15, 0.2) is 10.8 Å². The first kappa shape index (κ1) is 18.9. The van der Waals surface area contributed by atoms with E-state index in [1.54, 1.807) is 11.3 Å². The Morgan fingerprint density at radius 3 is 2.70 bits per heavy atom. The third kappa shape index (κ3) is 6.74. The molecule has 1 N–H and O–H groups in total. The molecule has 1 aliphatic heterocycles. The van der Waals surface area contributed by atoms with E-state index in [1.165, 1.54) is 0 Å². The van der Waals surface area contributed by atoms with E-state index in [0.717, 1.165) is 37.2 Å². The Balaban J connectivity index is 0.00000200. The summed E-state index contributed by atoms with van der Waals surface area (Å²) in [5, 5.41) is 3.87. The van der Waals surface area contributed by atoms with Gasteiger partial charge in [0, 0.05) is 10.8 Å². The standard InChI is InChI=1S/C12H18O5S2.K.H/c13-19(14,15)6-4-2-1-3-5-10-7-16-11-8-18-9-12(11)17-10;;/h8-10H,1-7H2,(H,13,14,15);;/q;+1;-1. The molecule has 0 amide bonds. The maximum Gasteiger partial charge on any atom is 1.00 e. The fourth-order valence-electron chi connectivity index (χ4n) is 2.01. The molecule has 8 heteroatoms. The van der Waals surface area contributed by atoms with Crippen LogP contribution in [-0.4, -0.2) is 31.4 Å². The molecule has 0 fully saturated rings. The number of thiophene rings is 1. The van der Waals surface area contributed by atoms with Crippen molar-refractivity contribution in [3.05, 3.63) is 10.8 Å². The summed E-state index contributed by atoms with van der Waals surface area (Å²) < 4.78 is 41.0. The topological polar surface area (TPSA) is 72.8 Å². The number of fused-ring (bicyclic) bond motifs is 1. The molecule has 0 spiro atoms. The van der Waals surface area contributed by atoms with Crippen LogP contribution in [0.5, 0.6) is 11.5 Å². The summed E-state index contributed by atoms with van der Waals surface area (Å²) in [4.78, 5) is 0. The second kappa shape index (κ2) is 9.09. The van der Waals surface area contributed by atoms with Crippen molar-refractivity contribution < 1.29 is 75.3 Å². The minimum absolute atomic E-state index is 0. The van der Waals surface area contributed by atoms with E-state index in [2.05, 4.69) is 0 Å². The Hall–Kier alpha value is 0.846. The Morgan fingerprint density at radius 2 is 1.95 bits per heavy atom. The largest absolute Gasteiger partial charge is 1.00 e. The summed E-state index contributed by atoms with van der Waals surface area (Å²) in [5.74, 6) is 1.51. The number of rotatable bonds is 7. The van der Waals surface area contributed by atoms with Gasteiger partial charge in [-0.15, -0.1) is 11.3 Å². The van der Waals surface area contributed by atoms with Crippen LogP contribution in [0.3, 0.4) is 0 Å². The van der Waals surface area contributed by atoms with Crippen molar-refractivity contribution in [2.24, 2.45) is 0 Å². The fraction of sp³-hybridized carbons (Fsp3) is 0.667. The van der Waals surface area contributed by atoms with E-state index in [4.69, 9.17) is 14.0 Å². The summed E-state index contributed by atoms with van der Waals surface area (Å²) >= 11 is 1.56. The summed E-state index contributed by atoms with van der Waals surface area (Å²) in [5.41, 5.74) is 0. The van der Waals surface area contributed by atoms with Gasteiger partial charge in [0.25, 0.3) is 10.1 Å². The van der Waals surface area contributed by atoms with Crippen molar-refractivity contribution in [1.29, 1.82) is 0 Å². The van der Waals surface area contributed by atoms with Crippen molar-refractivity contribution >= 4 is 21.5 Å². The number of hydrogen-bond donors (Lipinski definition) is 1. The summed E-state index contributed by atoms with van der Waals surface area (Å²) in [6.07, 6.45) is 4.21. The maximum atomic E-state index is 10.5. The zero-order chi connectivity index (χ0) is 13.7. The molecule has 2 heterocycles. The number of hydrogen-bond acceptors (Lipinski definition) is 5. The van der Waals surface area contributed by atoms with Gasteiger partial charge >= 0.3 is 51.4 Å². The molecule has 1 atom stereocenters. The molecule has 1 aliphatic rings. The Kier molecular flexibility index (Phi) is 8.59. The van der Waals surface area contributed by atoms with Crippen LogP contribution in [0.4, 0.5) is 0 Å². The van der Waals surface area contributed by atoms with E-state index >= 15 is 0 Å². The van der Waals surface area contributed by atoms with Crippen LogP contribution in [0.2, 0.25) is 0 Å². The molecule has 0 aliphatic carbocycles. The second-order valence-electron chi connectivity index (χ2n) is 4.64. The smallest absolute Gasteiger partial charge is 1.00 e. The van der Waals surface area contributed by atoms with E-state index in [1.807, 2.05) is 10.8 Å². The van der Waals surface area contributed by atoms with Gasteiger partial charge in [0.1, 0.15) is 12.7 Å². The molecular formula is C12H19KO5S2. The van der Waals surface area contributed by atoms with Gasteiger partial charge in [-0.1, -0.05) is 12.8 Å². The molecule has 110 valence electrons. The zero-order valence-corrected chi connectivity index (χ0v) is 16.3. The van der Waals surface area contributed by atoms with Gasteiger partial charge in [-0.05, 0) is 19.3 Å². The van der Waals surface area contributed by atoms with Crippen LogP contribution in [0, 0.1) is 0 Å². The van der Waals surface area contributed by atoms with Gasteiger partial charge in [0.2, 0.25) is 0 Å². The summed E-state index contributed by atoms with van der Waals surface area (Å²) in [6, 6.07) is 0. The third-order valence-electron chi connectivity index (χ3n) is 2.99. The maximum absolute atomic E-state index is 10.5. The molecule has 0 bridgehead atoms. The van der Waals surface area contributed by atoms with Crippen LogP contribution in [-0.2, 0) is 10.1 Å². The molecule has 20 heavy (non-hydrogen) atoms. The first-order valence-corrected chi connectivity index (χ1v) is 8.90. The second-order valence-corrected chi connectivity index (χ2v) is 6.96. The SMILES string of the molecule is O=S(=O)(O)CCCCCCC1COc2cscc2O1.[H-].[K+]. The predicted octanol–water partition coefficient (Wildman–Crippen LogP) is -0.157. The quantitative estimate of drug-likeness (QED) is 0.422. The average Bonchev–Trinajstić information content (AvgIpc) is 2.79. The molecule has 0 radical (unpaired) electrons.